The van der Waals surface area contributed by atoms with Crippen molar-refractivity contribution in [3.8, 4) is 11.4 Å². The van der Waals surface area contributed by atoms with E-state index in [-0.39, 0.29) is 5.82 Å². The van der Waals surface area contributed by atoms with Gasteiger partial charge in [-0.25, -0.2) is 9.18 Å². The topological polar surface area (TPSA) is 71.8 Å². The molecule has 1 aromatic heterocycles. The summed E-state index contributed by atoms with van der Waals surface area (Å²) < 4.78 is 15.8. The molecule has 138 valence electrons. The number of carbonyl (C=O) groups excluding carboxylic acids is 1. The van der Waals surface area contributed by atoms with Gasteiger partial charge in [-0.05, 0) is 44.0 Å². The van der Waals surface area contributed by atoms with Crippen LogP contribution in [0.4, 0.5) is 20.6 Å². The fourth-order valence-corrected chi connectivity index (χ4v) is 3.29. The van der Waals surface area contributed by atoms with Crippen molar-refractivity contribution in [1.82, 2.24) is 14.8 Å². The van der Waals surface area contributed by atoms with Crippen molar-refractivity contribution in [3.63, 3.8) is 0 Å². The zero-order valence-corrected chi connectivity index (χ0v) is 15.0. The van der Waals surface area contributed by atoms with Crippen LogP contribution in [-0.4, -0.2) is 20.8 Å². The van der Waals surface area contributed by atoms with Gasteiger partial charge in [-0.1, -0.05) is 18.2 Å². The summed E-state index contributed by atoms with van der Waals surface area (Å²) in [5, 5.41) is 14.1. The fourth-order valence-electron chi connectivity index (χ4n) is 3.29. The Balaban J connectivity index is 1.52. The predicted octanol–water partition coefficient (Wildman–Crippen LogP) is 4.37. The van der Waals surface area contributed by atoms with E-state index in [2.05, 4.69) is 25.4 Å². The number of urea groups is 1. The van der Waals surface area contributed by atoms with Crippen LogP contribution in [0.1, 0.15) is 24.2 Å². The molecule has 1 aliphatic heterocycles. The van der Waals surface area contributed by atoms with Crippen molar-refractivity contribution in [3.05, 3.63) is 59.7 Å². The number of nitrogens with zero attached hydrogens (tertiary/aromatic N) is 3. The summed E-state index contributed by atoms with van der Waals surface area (Å²) in [6.45, 7) is 2.54. The van der Waals surface area contributed by atoms with Crippen LogP contribution < -0.4 is 10.6 Å². The summed E-state index contributed by atoms with van der Waals surface area (Å²) in [7, 11) is 0. The first-order chi connectivity index (χ1) is 13.1. The maximum atomic E-state index is 13.6. The number of aryl methyl sites for hydroxylation is 1. The first kappa shape index (κ1) is 17.2. The van der Waals surface area contributed by atoms with E-state index < -0.39 is 6.03 Å². The van der Waals surface area contributed by atoms with Crippen LogP contribution in [0.25, 0.3) is 11.4 Å². The van der Waals surface area contributed by atoms with Gasteiger partial charge in [0.2, 0.25) is 0 Å². The first-order valence-electron chi connectivity index (χ1n) is 8.97. The molecule has 0 unspecified atom stereocenters. The quantitative estimate of drug-likeness (QED) is 0.724. The number of hydrogen-bond acceptors (Lipinski definition) is 3. The maximum Gasteiger partial charge on any atom is 0.323 e. The number of aromatic nitrogens is 3. The molecule has 2 heterocycles. The Morgan fingerprint density at radius 3 is 2.85 bits per heavy atom. The molecule has 0 radical (unpaired) electrons. The number of carbonyl (C=O) groups is 1. The van der Waals surface area contributed by atoms with Crippen molar-refractivity contribution in [2.45, 2.75) is 32.7 Å². The van der Waals surface area contributed by atoms with Gasteiger partial charge in [-0.15, -0.1) is 10.2 Å². The Labute approximate surface area is 156 Å². The number of rotatable bonds is 3. The molecule has 1 aliphatic rings. The van der Waals surface area contributed by atoms with Gasteiger partial charge in [-0.2, -0.15) is 0 Å². The summed E-state index contributed by atoms with van der Waals surface area (Å²) in [4.78, 5) is 12.3. The molecule has 4 rings (SSSR count). The Kier molecular flexibility index (Phi) is 4.58. The third kappa shape index (κ3) is 3.53. The number of hydrogen-bond donors (Lipinski definition) is 2. The molecule has 0 atom stereocenters. The average Bonchev–Trinajstić information content (AvgIpc) is 3.10. The van der Waals surface area contributed by atoms with E-state index in [1.807, 2.05) is 18.2 Å². The lowest BCUT2D eigenvalue weighted by atomic mass is 10.1. The van der Waals surface area contributed by atoms with Gasteiger partial charge in [0.15, 0.2) is 5.82 Å². The second-order valence-corrected chi connectivity index (χ2v) is 6.62. The SMILES string of the molecule is Cc1c(F)cccc1NC(=O)Nc1cccc(-c2nnc3n2CCCC3)c1. The standard InChI is InChI=1S/C20H20FN5O/c1-13-16(21)8-5-9-17(13)23-20(27)22-15-7-4-6-14(12-15)19-25-24-18-10-2-3-11-26(18)19/h4-9,12H,2-3,10-11H2,1H3,(H2,22,23,27). The zero-order valence-electron chi connectivity index (χ0n) is 15.0. The molecule has 0 bridgehead atoms. The summed E-state index contributed by atoms with van der Waals surface area (Å²) in [5.41, 5.74) is 2.37. The van der Waals surface area contributed by atoms with E-state index in [0.717, 1.165) is 43.0 Å². The van der Waals surface area contributed by atoms with Gasteiger partial charge in [0, 0.05) is 35.5 Å². The van der Waals surface area contributed by atoms with Gasteiger partial charge in [0.1, 0.15) is 11.6 Å². The highest BCUT2D eigenvalue weighted by molar-refractivity contribution is 6.00. The maximum absolute atomic E-state index is 13.6. The van der Waals surface area contributed by atoms with Gasteiger partial charge >= 0.3 is 6.03 Å². The van der Waals surface area contributed by atoms with Crippen LogP contribution in [-0.2, 0) is 13.0 Å². The second kappa shape index (κ2) is 7.19. The Bertz CT molecular complexity index is 998. The Hall–Kier alpha value is -3.22. The zero-order chi connectivity index (χ0) is 18.8. The minimum Gasteiger partial charge on any atom is -0.311 e. The van der Waals surface area contributed by atoms with E-state index in [9.17, 15) is 9.18 Å². The van der Waals surface area contributed by atoms with Crippen LogP contribution >= 0.6 is 0 Å². The molecule has 0 spiro atoms. The molecule has 0 fully saturated rings. The van der Waals surface area contributed by atoms with E-state index in [4.69, 9.17) is 0 Å². The summed E-state index contributed by atoms with van der Waals surface area (Å²) in [6, 6.07) is 11.6. The normalized spacial score (nSPS) is 13.1. The fraction of sp³-hybridized carbons (Fsp3) is 0.250. The number of amides is 2. The molecule has 3 aromatic rings. The largest absolute Gasteiger partial charge is 0.323 e. The highest BCUT2D eigenvalue weighted by Crippen LogP contribution is 2.25. The second-order valence-electron chi connectivity index (χ2n) is 6.62. The van der Waals surface area contributed by atoms with E-state index in [0.29, 0.717) is 16.9 Å². The van der Waals surface area contributed by atoms with E-state index >= 15 is 0 Å². The lowest BCUT2D eigenvalue weighted by Gasteiger charge is -2.15. The van der Waals surface area contributed by atoms with Crippen molar-refractivity contribution < 1.29 is 9.18 Å². The van der Waals surface area contributed by atoms with Crippen LogP contribution in [0.3, 0.4) is 0 Å². The lowest BCUT2D eigenvalue weighted by Crippen LogP contribution is -2.20. The number of fused-ring (bicyclic) bond motifs is 1. The third-order valence-corrected chi connectivity index (χ3v) is 4.75. The Morgan fingerprint density at radius 2 is 1.96 bits per heavy atom. The summed E-state index contributed by atoms with van der Waals surface area (Å²) in [5.74, 6) is 1.47. The summed E-state index contributed by atoms with van der Waals surface area (Å²) >= 11 is 0. The van der Waals surface area contributed by atoms with E-state index in [1.165, 1.54) is 6.07 Å². The molecule has 0 saturated carbocycles. The first-order valence-corrected chi connectivity index (χ1v) is 8.97. The van der Waals surface area contributed by atoms with Crippen molar-refractivity contribution in [2.24, 2.45) is 0 Å². The van der Waals surface area contributed by atoms with Crippen LogP contribution in [0.2, 0.25) is 0 Å². The highest BCUT2D eigenvalue weighted by atomic mass is 19.1. The van der Waals surface area contributed by atoms with Gasteiger partial charge in [0.05, 0.1) is 0 Å². The molecule has 2 amide bonds. The number of nitrogens with one attached hydrogen (secondary N) is 2. The number of anilines is 2. The molecule has 0 aliphatic carbocycles. The number of benzene rings is 2. The van der Waals surface area contributed by atoms with Crippen molar-refractivity contribution in [2.75, 3.05) is 10.6 Å². The molecular weight excluding hydrogens is 345 g/mol. The third-order valence-electron chi connectivity index (χ3n) is 4.75. The predicted molar refractivity (Wildman–Crippen MR) is 102 cm³/mol. The Morgan fingerprint density at radius 1 is 1.11 bits per heavy atom. The molecule has 2 N–H and O–H groups in total. The van der Waals surface area contributed by atoms with Crippen LogP contribution in [0.5, 0.6) is 0 Å². The van der Waals surface area contributed by atoms with Gasteiger partial charge < -0.3 is 15.2 Å². The smallest absolute Gasteiger partial charge is 0.311 e. The lowest BCUT2D eigenvalue weighted by molar-refractivity contribution is 0.262. The monoisotopic (exact) mass is 365 g/mol. The van der Waals surface area contributed by atoms with Crippen molar-refractivity contribution >= 4 is 17.4 Å². The van der Waals surface area contributed by atoms with Gasteiger partial charge in [0.25, 0.3) is 0 Å². The van der Waals surface area contributed by atoms with E-state index in [1.54, 1.807) is 25.1 Å². The average molecular weight is 365 g/mol. The van der Waals surface area contributed by atoms with Gasteiger partial charge in [-0.3, -0.25) is 0 Å². The molecule has 6 nitrogen and oxygen atoms in total. The molecule has 2 aromatic carbocycles. The molecule has 7 heteroatoms. The molecule has 0 saturated heterocycles. The van der Waals surface area contributed by atoms with Crippen molar-refractivity contribution in [1.29, 1.82) is 0 Å². The molecular formula is C20H20FN5O. The van der Waals surface area contributed by atoms with Crippen LogP contribution in [0.15, 0.2) is 42.5 Å². The highest BCUT2D eigenvalue weighted by Gasteiger charge is 2.17. The minimum atomic E-state index is -0.427. The summed E-state index contributed by atoms with van der Waals surface area (Å²) in [6.07, 6.45) is 3.20. The number of halogens is 1. The molecule has 27 heavy (non-hydrogen) atoms. The minimum absolute atomic E-state index is 0.355. The van der Waals surface area contributed by atoms with Crippen LogP contribution in [0, 0.1) is 12.7 Å².